The van der Waals surface area contributed by atoms with Crippen molar-refractivity contribution in [3.8, 4) is 5.75 Å². The van der Waals surface area contributed by atoms with Gasteiger partial charge in [0.05, 0.1) is 19.3 Å². The van der Waals surface area contributed by atoms with Crippen LogP contribution in [-0.4, -0.2) is 38.6 Å². The number of rotatable bonds is 9. The summed E-state index contributed by atoms with van der Waals surface area (Å²) in [5, 5.41) is 8.56. The molecule has 0 heterocycles. The van der Waals surface area contributed by atoms with Gasteiger partial charge in [0, 0.05) is 25.2 Å². The van der Waals surface area contributed by atoms with Gasteiger partial charge in [-0.3, -0.25) is 4.79 Å². The first kappa shape index (κ1) is 20.4. The molecular weight excluding hydrogens is 344 g/mol. The third kappa shape index (κ3) is 6.40. The number of amides is 2. The number of hydrogen-bond donors (Lipinski definition) is 4. The van der Waals surface area contributed by atoms with Gasteiger partial charge in [0.15, 0.2) is 5.78 Å². The van der Waals surface area contributed by atoms with Crippen LogP contribution in [0.15, 0.2) is 42.5 Å². The van der Waals surface area contributed by atoms with Crippen molar-refractivity contribution >= 4 is 23.2 Å². The van der Waals surface area contributed by atoms with Gasteiger partial charge < -0.3 is 26.4 Å². The summed E-state index contributed by atoms with van der Waals surface area (Å²) in [5.74, 6) is 0.554. The van der Waals surface area contributed by atoms with Crippen molar-refractivity contribution in [2.45, 2.75) is 13.3 Å². The van der Waals surface area contributed by atoms with Gasteiger partial charge in [-0.15, -0.1) is 0 Å². The van der Waals surface area contributed by atoms with E-state index in [4.69, 9.17) is 10.5 Å². The minimum absolute atomic E-state index is 0.0588. The van der Waals surface area contributed by atoms with E-state index < -0.39 is 0 Å². The number of hydrogen-bond acceptors (Lipinski definition) is 5. The van der Waals surface area contributed by atoms with Crippen LogP contribution in [0.4, 0.5) is 16.2 Å². The molecule has 2 rings (SSSR count). The first-order valence-corrected chi connectivity index (χ1v) is 8.76. The standard InChI is InChI=1S/C20H26N4O3/c1-14-5-3-4-6-17(14)23-20(26)24-18-8-7-15(12-19(18)27-2)11-16(25)13-22-10-9-21/h3-8,12,22H,9-11,13,21H2,1-2H3,(H2,23,24,26). The summed E-state index contributed by atoms with van der Waals surface area (Å²) in [7, 11) is 1.52. The Bertz CT molecular complexity index is 793. The first-order chi connectivity index (χ1) is 13.0. The largest absolute Gasteiger partial charge is 0.495 e. The molecule has 7 nitrogen and oxygen atoms in total. The van der Waals surface area contributed by atoms with Crippen molar-refractivity contribution in [1.82, 2.24) is 5.32 Å². The van der Waals surface area contributed by atoms with Gasteiger partial charge in [-0.25, -0.2) is 4.79 Å². The molecule has 0 saturated carbocycles. The van der Waals surface area contributed by atoms with Gasteiger partial charge in [0.2, 0.25) is 0 Å². The molecule has 0 unspecified atom stereocenters. The summed E-state index contributed by atoms with van der Waals surface area (Å²) in [5.41, 5.74) is 8.44. The van der Waals surface area contributed by atoms with E-state index in [1.165, 1.54) is 7.11 Å². The number of nitrogens with one attached hydrogen (secondary N) is 3. The number of methoxy groups -OCH3 is 1. The summed E-state index contributed by atoms with van der Waals surface area (Å²) >= 11 is 0. The highest BCUT2D eigenvalue weighted by Gasteiger charge is 2.11. The normalized spacial score (nSPS) is 10.3. The van der Waals surface area contributed by atoms with Crippen LogP contribution in [0.5, 0.6) is 5.75 Å². The van der Waals surface area contributed by atoms with E-state index in [1.807, 2.05) is 31.2 Å². The van der Waals surface area contributed by atoms with Crippen molar-refractivity contribution in [3.63, 3.8) is 0 Å². The lowest BCUT2D eigenvalue weighted by Gasteiger charge is -2.13. The molecule has 7 heteroatoms. The van der Waals surface area contributed by atoms with Crippen LogP contribution in [0.1, 0.15) is 11.1 Å². The third-order valence-corrected chi connectivity index (χ3v) is 3.95. The molecular formula is C20H26N4O3. The zero-order chi connectivity index (χ0) is 19.6. The van der Waals surface area contributed by atoms with Gasteiger partial charge in [0.25, 0.3) is 0 Å². The number of ether oxygens (including phenoxy) is 1. The molecule has 0 aliphatic rings. The zero-order valence-electron chi connectivity index (χ0n) is 15.7. The lowest BCUT2D eigenvalue weighted by molar-refractivity contribution is -0.117. The lowest BCUT2D eigenvalue weighted by Crippen LogP contribution is -2.29. The van der Waals surface area contributed by atoms with Gasteiger partial charge in [0.1, 0.15) is 5.75 Å². The second-order valence-electron chi connectivity index (χ2n) is 6.11. The smallest absolute Gasteiger partial charge is 0.323 e. The Kier molecular flexibility index (Phi) is 7.79. The highest BCUT2D eigenvalue weighted by Crippen LogP contribution is 2.26. The fourth-order valence-corrected chi connectivity index (χ4v) is 2.56. The van der Waals surface area contributed by atoms with Crippen LogP contribution in [0.3, 0.4) is 0 Å². The molecule has 0 radical (unpaired) electrons. The Morgan fingerprint density at radius 3 is 2.52 bits per heavy atom. The number of benzene rings is 2. The molecule has 0 aliphatic carbocycles. The zero-order valence-corrected chi connectivity index (χ0v) is 15.7. The number of urea groups is 1. The third-order valence-electron chi connectivity index (χ3n) is 3.95. The molecule has 0 fully saturated rings. The summed E-state index contributed by atoms with van der Waals surface area (Å²) in [4.78, 5) is 24.2. The van der Waals surface area contributed by atoms with E-state index in [-0.39, 0.29) is 24.8 Å². The Hall–Kier alpha value is -2.90. The predicted octanol–water partition coefficient (Wildman–Crippen LogP) is 2.31. The maximum Gasteiger partial charge on any atom is 0.323 e. The molecule has 2 aromatic rings. The number of para-hydroxylation sites is 1. The van der Waals surface area contributed by atoms with Crippen molar-refractivity contribution in [3.05, 3.63) is 53.6 Å². The Labute approximate surface area is 159 Å². The number of nitrogens with two attached hydrogens (primary N) is 1. The van der Waals surface area contributed by atoms with Crippen molar-refractivity contribution in [2.75, 3.05) is 37.4 Å². The number of carbonyl (C=O) groups is 2. The average Bonchev–Trinajstić information content (AvgIpc) is 2.65. The summed E-state index contributed by atoms with van der Waals surface area (Å²) < 4.78 is 5.35. The molecule has 0 aliphatic heterocycles. The number of ketones is 1. The maximum atomic E-state index is 12.3. The molecule has 0 aromatic heterocycles. The summed E-state index contributed by atoms with van der Waals surface area (Å²) in [6, 6.07) is 12.4. The molecule has 0 bridgehead atoms. The van der Waals surface area contributed by atoms with Gasteiger partial charge in [-0.05, 0) is 36.2 Å². The van der Waals surface area contributed by atoms with Crippen LogP contribution in [0.2, 0.25) is 0 Å². The van der Waals surface area contributed by atoms with Crippen LogP contribution < -0.4 is 26.4 Å². The maximum absolute atomic E-state index is 12.3. The molecule has 144 valence electrons. The molecule has 0 spiro atoms. The fourth-order valence-electron chi connectivity index (χ4n) is 2.56. The first-order valence-electron chi connectivity index (χ1n) is 8.76. The Morgan fingerprint density at radius 2 is 1.81 bits per heavy atom. The average molecular weight is 370 g/mol. The fraction of sp³-hybridized carbons (Fsp3) is 0.300. The number of carbonyl (C=O) groups excluding carboxylic acids is 2. The Balaban J connectivity index is 2.00. The molecule has 2 amide bonds. The van der Waals surface area contributed by atoms with Crippen LogP contribution in [0, 0.1) is 6.92 Å². The van der Waals surface area contributed by atoms with E-state index in [1.54, 1.807) is 18.2 Å². The van der Waals surface area contributed by atoms with E-state index in [2.05, 4.69) is 16.0 Å². The highest BCUT2D eigenvalue weighted by atomic mass is 16.5. The van der Waals surface area contributed by atoms with Crippen molar-refractivity contribution in [1.29, 1.82) is 0 Å². The quantitative estimate of drug-likeness (QED) is 0.507. The van der Waals surface area contributed by atoms with E-state index >= 15 is 0 Å². The van der Waals surface area contributed by atoms with Crippen LogP contribution in [0.25, 0.3) is 0 Å². The number of anilines is 2. The molecule has 0 atom stereocenters. The van der Waals surface area contributed by atoms with Crippen LogP contribution in [-0.2, 0) is 11.2 Å². The molecule has 27 heavy (non-hydrogen) atoms. The minimum atomic E-state index is -0.364. The van der Waals surface area contributed by atoms with Gasteiger partial charge in [-0.1, -0.05) is 24.3 Å². The van der Waals surface area contributed by atoms with Gasteiger partial charge in [-0.2, -0.15) is 0 Å². The second kappa shape index (κ2) is 10.3. The minimum Gasteiger partial charge on any atom is -0.495 e. The topological polar surface area (TPSA) is 105 Å². The second-order valence-corrected chi connectivity index (χ2v) is 6.11. The summed E-state index contributed by atoms with van der Waals surface area (Å²) in [6.07, 6.45) is 0.281. The number of Topliss-reactive ketones (excluding diaryl/α,β-unsaturated/α-hetero) is 1. The Morgan fingerprint density at radius 1 is 1.07 bits per heavy atom. The van der Waals surface area contributed by atoms with E-state index in [0.29, 0.717) is 24.5 Å². The van der Waals surface area contributed by atoms with Gasteiger partial charge >= 0.3 is 6.03 Å². The van der Waals surface area contributed by atoms with Crippen LogP contribution >= 0.6 is 0 Å². The van der Waals surface area contributed by atoms with E-state index in [0.717, 1.165) is 16.8 Å². The summed E-state index contributed by atoms with van der Waals surface area (Å²) in [6.45, 7) is 3.29. The predicted molar refractivity (Wildman–Crippen MR) is 107 cm³/mol. The molecule has 0 saturated heterocycles. The van der Waals surface area contributed by atoms with E-state index in [9.17, 15) is 9.59 Å². The monoisotopic (exact) mass is 370 g/mol. The van der Waals surface area contributed by atoms with Crippen molar-refractivity contribution < 1.29 is 14.3 Å². The van der Waals surface area contributed by atoms with Crippen molar-refractivity contribution in [2.24, 2.45) is 5.73 Å². The molecule has 2 aromatic carbocycles. The molecule has 5 N–H and O–H groups in total. The number of aryl methyl sites for hydroxylation is 1. The highest BCUT2D eigenvalue weighted by molar-refractivity contribution is 6.01. The lowest BCUT2D eigenvalue weighted by atomic mass is 10.1. The SMILES string of the molecule is COc1cc(CC(=O)CNCCN)ccc1NC(=O)Nc1ccccc1C.